The molecule has 5 heteroatoms. The van der Waals surface area contributed by atoms with E-state index in [-0.39, 0.29) is 10.6 Å². The van der Waals surface area contributed by atoms with Gasteiger partial charge in [-0.1, -0.05) is 26.2 Å². The van der Waals surface area contributed by atoms with Gasteiger partial charge in [-0.25, -0.2) is 0 Å². The highest BCUT2D eigenvalue weighted by Gasteiger charge is 2.35. The average Bonchev–Trinajstić information content (AvgIpc) is 2.60. The van der Waals surface area contributed by atoms with Gasteiger partial charge in [0.2, 0.25) is 5.70 Å². The highest BCUT2D eigenvalue weighted by Crippen LogP contribution is 2.43. The number of benzene rings is 1. The number of nitrogens with zero attached hydrogens (tertiary/aromatic N) is 1. The van der Waals surface area contributed by atoms with Crippen LogP contribution in [0.3, 0.4) is 0 Å². The number of unbranched alkanes of at least 4 members (excludes halogenated alkanes) is 3. The number of phenolic OH excluding ortho intramolecular Hbond substituents is 1. The van der Waals surface area contributed by atoms with E-state index in [1.165, 1.54) is 0 Å². The van der Waals surface area contributed by atoms with E-state index >= 15 is 0 Å². The van der Waals surface area contributed by atoms with Crippen LogP contribution in [0.5, 0.6) is 11.5 Å². The summed E-state index contributed by atoms with van der Waals surface area (Å²) < 4.78 is 6.28. The number of allylic oxidation sites excluding steroid dienone is 1. The van der Waals surface area contributed by atoms with E-state index in [9.17, 15) is 15.2 Å². The number of hydrogen-bond acceptors (Lipinski definition) is 4. The maximum Gasteiger partial charge on any atom is 0.246 e. The van der Waals surface area contributed by atoms with Crippen molar-refractivity contribution in [3.8, 4) is 11.5 Å². The van der Waals surface area contributed by atoms with E-state index < -0.39 is 5.60 Å². The lowest BCUT2D eigenvalue weighted by Gasteiger charge is -2.35. The van der Waals surface area contributed by atoms with E-state index in [4.69, 9.17) is 4.74 Å². The van der Waals surface area contributed by atoms with Crippen molar-refractivity contribution in [2.24, 2.45) is 0 Å². The Morgan fingerprint density at radius 3 is 2.54 bits per heavy atom. The summed E-state index contributed by atoms with van der Waals surface area (Å²) in [5.74, 6) is 1.10. The Kier molecular flexibility index (Phi) is 6.32. The van der Waals surface area contributed by atoms with Crippen LogP contribution in [0.4, 0.5) is 0 Å². The monoisotopic (exact) mass is 361 g/mol. The van der Waals surface area contributed by atoms with Crippen LogP contribution in [0.25, 0.3) is 0 Å². The second-order valence-electron chi connectivity index (χ2n) is 7.65. The van der Waals surface area contributed by atoms with E-state index in [1.54, 1.807) is 6.08 Å². The number of phenols is 1. The molecule has 0 radical (unpaired) electrons. The van der Waals surface area contributed by atoms with Crippen LogP contribution in [-0.2, 0) is 6.42 Å². The number of hydrogen-bond donors (Lipinski definition) is 1. The maximum absolute atomic E-state index is 11.5. The normalized spacial score (nSPS) is 19.8. The molecule has 1 heterocycles. The van der Waals surface area contributed by atoms with Crippen molar-refractivity contribution in [3.05, 3.63) is 44.1 Å². The van der Waals surface area contributed by atoms with Gasteiger partial charge in [0.05, 0.1) is 4.92 Å². The molecule has 0 bridgehead atoms. The zero-order chi connectivity index (χ0) is 19.5. The van der Waals surface area contributed by atoms with Crippen molar-refractivity contribution in [1.29, 1.82) is 0 Å². The van der Waals surface area contributed by atoms with Gasteiger partial charge in [0.15, 0.2) is 0 Å². The molecule has 1 aromatic carbocycles. The summed E-state index contributed by atoms with van der Waals surface area (Å²) in [5, 5.41) is 21.8. The largest absolute Gasteiger partial charge is 0.507 e. The topological polar surface area (TPSA) is 72.6 Å². The number of ether oxygens (including phenoxy) is 1. The highest BCUT2D eigenvalue weighted by molar-refractivity contribution is 5.58. The first kappa shape index (κ1) is 20.3. The molecule has 1 N–H and O–H groups in total. The third kappa shape index (κ3) is 4.19. The van der Waals surface area contributed by atoms with Crippen LogP contribution in [-0.4, -0.2) is 15.6 Å². The minimum atomic E-state index is -0.694. The molecule has 1 aromatic rings. The second-order valence-corrected chi connectivity index (χ2v) is 7.65. The van der Waals surface area contributed by atoms with Gasteiger partial charge in [-0.3, -0.25) is 10.1 Å². The SMILES string of the molecule is CCCCCC/C(=C/C1(C)CCc2c(C)c(O)c(C)c(C)c2O1)[N+](=O)[O-]. The Balaban J connectivity index is 2.30. The van der Waals surface area contributed by atoms with E-state index in [1.807, 2.05) is 27.7 Å². The quantitative estimate of drug-likeness (QED) is 0.393. The summed E-state index contributed by atoms with van der Waals surface area (Å²) >= 11 is 0. The average molecular weight is 361 g/mol. The Hall–Kier alpha value is -2.04. The molecule has 0 saturated carbocycles. The fraction of sp³-hybridized carbons (Fsp3) is 0.619. The summed E-state index contributed by atoms with van der Waals surface area (Å²) in [6, 6.07) is 0. The Morgan fingerprint density at radius 2 is 1.92 bits per heavy atom. The van der Waals surface area contributed by atoms with Gasteiger partial charge in [0.1, 0.15) is 17.1 Å². The third-order valence-electron chi connectivity index (χ3n) is 5.54. The lowest BCUT2D eigenvalue weighted by atomic mass is 9.86. The van der Waals surface area contributed by atoms with Gasteiger partial charge in [-0.2, -0.15) is 0 Å². The number of rotatable bonds is 7. The van der Waals surface area contributed by atoms with Gasteiger partial charge in [-0.15, -0.1) is 0 Å². The van der Waals surface area contributed by atoms with Crippen LogP contribution >= 0.6 is 0 Å². The van der Waals surface area contributed by atoms with Gasteiger partial charge in [0.25, 0.3) is 0 Å². The van der Waals surface area contributed by atoms with Crippen molar-refractivity contribution in [2.75, 3.05) is 0 Å². The summed E-state index contributed by atoms with van der Waals surface area (Å²) in [7, 11) is 0. The molecule has 1 unspecified atom stereocenters. The van der Waals surface area contributed by atoms with Crippen molar-refractivity contribution < 1.29 is 14.8 Å². The van der Waals surface area contributed by atoms with Crippen LogP contribution in [0.2, 0.25) is 0 Å². The summed E-state index contributed by atoms with van der Waals surface area (Å²) in [6.45, 7) is 9.75. The molecule has 144 valence electrons. The number of nitro groups is 1. The summed E-state index contributed by atoms with van der Waals surface area (Å²) in [4.78, 5) is 11.2. The minimum Gasteiger partial charge on any atom is -0.507 e. The predicted octanol–water partition coefficient (Wildman–Crippen LogP) is 5.53. The smallest absolute Gasteiger partial charge is 0.246 e. The molecular formula is C21H31NO4. The van der Waals surface area contributed by atoms with Crippen molar-refractivity contribution >= 4 is 0 Å². The van der Waals surface area contributed by atoms with E-state index in [0.717, 1.165) is 60.1 Å². The molecule has 0 spiro atoms. The molecule has 0 saturated heterocycles. The Morgan fingerprint density at radius 1 is 1.23 bits per heavy atom. The number of aromatic hydroxyl groups is 1. The third-order valence-corrected chi connectivity index (χ3v) is 5.54. The van der Waals surface area contributed by atoms with E-state index in [2.05, 4.69) is 6.92 Å². The fourth-order valence-corrected chi connectivity index (χ4v) is 3.67. The van der Waals surface area contributed by atoms with Gasteiger partial charge in [-0.05, 0) is 63.6 Å². The molecule has 26 heavy (non-hydrogen) atoms. The molecule has 0 aromatic heterocycles. The standard InChI is InChI=1S/C21H31NO4/c1-6-7-8-9-10-17(22(24)25)13-21(5)12-11-18-16(4)19(23)14(2)15(3)20(18)26-21/h13,23H,6-12H2,1-5H3/b17-13-. The maximum atomic E-state index is 11.5. The summed E-state index contributed by atoms with van der Waals surface area (Å²) in [5.41, 5.74) is 3.14. The van der Waals surface area contributed by atoms with Crippen molar-refractivity contribution in [3.63, 3.8) is 0 Å². The molecular weight excluding hydrogens is 330 g/mol. The Bertz CT molecular complexity index is 723. The first-order valence-electron chi connectivity index (χ1n) is 9.57. The van der Waals surface area contributed by atoms with Crippen LogP contribution in [0.15, 0.2) is 11.8 Å². The lowest BCUT2D eigenvalue weighted by Crippen LogP contribution is -2.36. The molecule has 0 fully saturated rings. The molecule has 5 nitrogen and oxygen atoms in total. The highest BCUT2D eigenvalue weighted by atomic mass is 16.6. The van der Waals surface area contributed by atoms with Crippen LogP contribution < -0.4 is 4.74 Å². The van der Waals surface area contributed by atoms with Gasteiger partial charge in [0, 0.05) is 18.1 Å². The zero-order valence-electron chi connectivity index (χ0n) is 16.6. The molecule has 0 aliphatic carbocycles. The summed E-state index contributed by atoms with van der Waals surface area (Å²) in [6.07, 6.45) is 7.65. The first-order chi connectivity index (χ1) is 12.2. The molecule has 0 amide bonds. The van der Waals surface area contributed by atoms with Gasteiger partial charge >= 0.3 is 0 Å². The molecule has 2 rings (SSSR count). The second kappa shape index (κ2) is 8.11. The number of fused-ring (bicyclic) bond motifs is 1. The molecule has 1 atom stereocenters. The van der Waals surface area contributed by atoms with Crippen LogP contribution in [0, 0.1) is 30.9 Å². The van der Waals surface area contributed by atoms with Gasteiger partial charge < -0.3 is 9.84 Å². The predicted molar refractivity (Wildman–Crippen MR) is 104 cm³/mol. The first-order valence-corrected chi connectivity index (χ1v) is 9.57. The van der Waals surface area contributed by atoms with Crippen molar-refractivity contribution in [2.45, 2.75) is 85.2 Å². The zero-order valence-corrected chi connectivity index (χ0v) is 16.6. The lowest BCUT2D eigenvalue weighted by molar-refractivity contribution is -0.429. The Labute approximate surface area is 156 Å². The molecule has 1 aliphatic rings. The molecule has 1 aliphatic heterocycles. The fourth-order valence-electron chi connectivity index (χ4n) is 3.67. The van der Waals surface area contributed by atoms with E-state index in [0.29, 0.717) is 18.6 Å². The van der Waals surface area contributed by atoms with Crippen LogP contribution in [0.1, 0.15) is 74.6 Å². The van der Waals surface area contributed by atoms with Crippen molar-refractivity contribution in [1.82, 2.24) is 0 Å². The minimum absolute atomic E-state index is 0.247.